The Morgan fingerprint density at radius 2 is 2.11 bits per heavy atom. The van der Waals surface area contributed by atoms with Crippen molar-refractivity contribution < 1.29 is 0 Å². The molecule has 3 nitrogen and oxygen atoms in total. The Bertz CT molecular complexity index is 537. The van der Waals surface area contributed by atoms with Gasteiger partial charge in [-0.2, -0.15) is 0 Å². The van der Waals surface area contributed by atoms with E-state index in [1.165, 1.54) is 5.56 Å². The molecule has 0 aliphatic rings. The summed E-state index contributed by atoms with van der Waals surface area (Å²) in [4.78, 5) is 0. The summed E-state index contributed by atoms with van der Waals surface area (Å²) in [5.41, 5.74) is 1.28. The van der Waals surface area contributed by atoms with E-state index in [1.807, 2.05) is 13.1 Å². The maximum Gasteiger partial charge on any atom is 0.191 e. The second-order valence-corrected chi connectivity index (χ2v) is 6.33. The number of nitrogens with zero attached hydrogens (tertiary/aromatic N) is 3. The van der Waals surface area contributed by atoms with Gasteiger partial charge in [-0.1, -0.05) is 53.7 Å². The third-order valence-electron chi connectivity index (χ3n) is 2.64. The van der Waals surface area contributed by atoms with Gasteiger partial charge in [-0.05, 0) is 17.7 Å². The summed E-state index contributed by atoms with van der Waals surface area (Å²) in [6.45, 7) is 4.26. The lowest BCUT2D eigenvalue weighted by atomic mass is 10.2. The van der Waals surface area contributed by atoms with E-state index in [2.05, 4.69) is 62.7 Å². The summed E-state index contributed by atoms with van der Waals surface area (Å²) in [6, 6.07) is 8.34. The zero-order valence-corrected chi connectivity index (χ0v) is 13.1. The molecule has 1 aromatic heterocycles. The Hall–Kier alpha value is -0.810. The summed E-state index contributed by atoms with van der Waals surface area (Å²) < 4.78 is 3.19. The van der Waals surface area contributed by atoms with Crippen LogP contribution in [0.25, 0.3) is 0 Å². The molecule has 0 amide bonds. The Morgan fingerprint density at radius 1 is 1.33 bits per heavy atom. The Morgan fingerprint density at radius 3 is 2.72 bits per heavy atom. The predicted octanol–water partition coefficient (Wildman–Crippen LogP) is 3.99. The van der Waals surface area contributed by atoms with Gasteiger partial charge < -0.3 is 4.57 Å². The van der Waals surface area contributed by atoms with E-state index < -0.39 is 0 Å². The van der Waals surface area contributed by atoms with Crippen LogP contribution in [0, 0.1) is 0 Å². The average Bonchev–Trinajstić information content (AvgIpc) is 2.68. The molecule has 96 valence electrons. The van der Waals surface area contributed by atoms with Gasteiger partial charge in [0.05, 0.1) is 0 Å². The molecule has 0 radical (unpaired) electrons. The molecule has 0 saturated carbocycles. The Kier molecular flexibility index (Phi) is 4.45. The third kappa shape index (κ3) is 3.14. The minimum absolute atomic E-state index is 0.405. The highest BCUT2D eigenvalue weighted by Crippen LogP contribution is 2.24. The molecule has 2 rings (SSSR count). The molecule has 0 saturated heterocycles. The number of thioether (sulfide) groups is 1. The predicted molar refractivity (Wildman–Crippen MR) is 78.8 cm³/mol. The molecule has 0 atom stereocenters. The fourth-order valence-corrected chi connectivity index (χ4v) is 3.04. The first-order valence-corrected chi connectivity index (χ1v) is 7.62. The standard InChI is InChI=1S/C13H16BrN3S/c1-9(2)12-15-16-13(17(12)3)18-8-10-5-4-6-11(14)7-10/h4-7,9H,8H2,1-3H3. The van der Waals surface area contributed by atoms with Crippen molar-refractivity contribution >= 4 is 27.7 Å². The molecule has 18 heavy (non-hydrogen) atoms. The Labute approximate surface area is 120 Å². The smallest absolute Gasteiger partial charge is 0.191 e. The fraction of sp³-hybridized carbons (Fsp3) is 0.385. The second-order valence-electron chi connectivity index (χ2n) is 4.47. The normalized spacial score (nSPS) is 11.2. The number of rotatable bonds is 4. The zero-order chi connectivity index (χ0) is 13.1. The van der Waals surface area contributed by atoms with Crippen LogP contribution in [-0.4, -0.2) is 14.8 Å². The Balaban J connectivity index is 2.07. The number of aromatic nitrogens is 3. The number of halogens is 1. The lowest BCUT2D eigenvalue weighted by molar-refractivity contribution is 0.680. The second kappa shape index (κ2) is 5.89. The average molecular weight is 326 g/mol. The van der Waals surface area contributed by atoms with E-state index in [4.69, 9.17) is 0 Å². The van der Waals surface area contributed by atoms with Gasteiger partial charge in [-0.25, -0.2) is 0 Å². The van der Waals surface area contributed by atoms with Gasteiger partial charge in [0.15, 0.2) is 5.16 Å². The van der Waals surface area contributed by atoms with E-state index in [0.717, 1.165) is 21.2 Å². The molecule has 0 fully saturated rings. The van der Waals surface area contributed by atoms with Crippen molar-refractivity contribution in [1.82, 2.24) is 14.8 Å². The third-order valence-corrected chi connectivity index (χ3v) is 4.23. The van der Waals surface area contributed by atoms with Crippen LogP contribution in [0.1, 0.15) is 31.2 Å². The van der Waals surface area contributed by atoms with E-state index in [-0.39, 0.29) is 0 Å². The first-order chi connectivity index (χ1) is 8.58. The monoisotopic (exact) mass is 325 g/mol. The first kappa shape index (κ1) is 13.6. The molecule has 1 aromatic carbocycles. The van der Waals surface area contributed by atoms with Crippen molar-refractivity contribution in [2.45, 2.75) is 30.7 Å². The SMILES string of the molecule is CC(C)c1nnc(SCc2cccc(Br)c2)n1C. The molecule has 0 unspecified atom stereocenters. The van der Waals surface area contributed by atoms with Crippen molar-refractivity contribution in [3.05, 3.63) is 40.1 Å². The van der Waals surface area contributed by atoms with Crippen molar-refractivity contribution in [2.75, 3.05) is 0 Å². The minimum atomic E-state index is 0.405. The number of hydrogen-bond acceptors (Lipinski definition) is 3. The molecule has 0 aliphatic carbocycles. The molecule has 0 N–H and O–H groups in total. The molecular weight excluding hydrogens is 310 g/mol. The van der Waals surface area contributed by atoms with Crippen molar-refractivity contribution in [3.63, 3.8) is 0 Å². The van der Waals surface area contributed by atoms with Crippen LogP contribution in [0.15, 0.2) is 33.9 Å². The lowest BCUT2D eigenvalue weighted by Crippen LogP contribution is -2.00. The highest BCUT2D eigenvalue weighted by molar-refractivity contribution is 9.10. The van der Waals surface area contributed by atoms with Crippen molar-refractivity contribution in [1.29, 1.82) is 0 Å². The molecule has 0 aliphatic heterocycles. The highest BCUT2D eigenvalue weighted by atomic mass is 79.9. The molecule has 2 aromatic rings. The quantitative estimate of drug-likeness (QED) is 0.796. The maximum absolute atomic E-state index is 4.24. The first-order valence-electron chi connectivity index (χ1n) is 5.84. The van der Waals surface area contributed by atoms with Gasteiger partial charge in [-0.3, -0.25) is 0 Å². The fourth-order valence-electron chi connectivity index (χ4n) is 1.73. The largest absolute Gasteiger partial charge is 0.309 e. The molecule has 5 heteroatoms. The van der Waals surface area contributed by atoms with Crippen LogP contribution < -0.4 is 0 Å². The van der Waals surface area contributed by atoms with E-state index in [0.29, 0.717) is 5.92 Å². The highest BCUT2D eigenvalue weighted by Gasteiger charge is 2.11. The molecular formula is C13H16BrN3S. The minimum Gasteiger partial charge on any atom is -0.309 e. The van der Waals surface area contributed by atoms with Gasteiger partial charge >= 0.3 is 0 Å². The van der Waals surface area contributed by atoms with Crippen LogP contribution in [0.3, 0.4) is 0 Å². The van der Waals surface area contributed by atoms with Gasteiger partial charge in [0.25, 0.3) is 0 Å². The summed E-state index contributed by atoms with van der Waals surface area (Å²) in [5, 5.41) is 9.44. The molecule has 0 bridgehead atoms. The van der Waals surface area contributed by atoms with E-state index in [1.54, 1.807) is 11.8 Å². The van der Waals surface area contributed by atoms with Crippen LogP contribution >= 0.6 is 27.7 Å². The number of hydrogen-bond donors (Lipinski definition) is 0. The summed E-state index contributed by atoms with van der Waals surface area (Å²) in [6.07, 6.45) is 0. The van der Waals surface area contributed by atoms with Crippen molar-refractivity contribution in [2.24, 2.45) is 7.05 Å². The van der Waals surface area contributed by atoms with Crippen LogP contribution in [0.4, 0.5) is 0 Å². The molecule has 1 heterocycles. The zero-order valence-electron chi connectivity index (χ0n) is 10.7. The van der Waals surface area contributed by atoms with E-state index in [9.17, 15) is 0 Å². The summed E-state index contributed by atoms with van der Waals surface area (Å²) in [7, 11) is 2.03. The number of benzene rings is 1. The van der Waals surface area contributed by atoms with Crippen LogP contribution in [-0.2, 0) is 12.8 Å². The van der Waals surface area contributed by atoms with Crippen LogP contribution in [0.5, 0.6) is 0 Å². The van der Waals surface area contributed by atoms with Gasteiger partial charge in [-0.15, -0.1) is 10.2 Å². The van der Waals surface area contributed by atoms with Gasteiger partial charge in [0.2, 0.25) is 0 Å². The van der Waals surface area contributed by atoms with E-state index >= 15 is 0 Å². The topological polar surface area (TPSA) is 30.7 Å². The molecule has 0 spiro atoms. The summed E-state index contributed by atoms with van der Waals surface area (Å²) >= 11 is 5.20. The van der Waals surface area contributed by atoms with Crippen LogP contribution in [0.2, 0.25) is 0 Å². The van der Waals surface area contributed by atoms with Crippen molar-refractivity contribution in [3.8, 4) is 0 Å². The van der Waals surface area contributed by atoms with Gasteiger partial charge in [0, 0.05) is 23.2 Å². The lowest BCUT2D eigenvalue weighted by Gasteiger charge is -2.06. The van der Waals surface area contributed by atoms with Gasteiger partial charge in [0.1, 0.15) is 5.82 Å². The summed E-state index contributed by atoms with van der Waals surface area (Å²) in [5.74, 6) is 2.35. The maximum atomic E-state index is 4.24.